The lowest BCUT2D eigenvalue weighted by Crippen LogP contribution is -2.04. The Kier molecular flexibility index (Phi) is 7.54. The second-order valence-corrected chi connectivity index (χ2v) is 16.0. The largest absolute Gasteiger partial charge is 0.309 e. The summed E-state index contributed by atoms with van der Waals surface area (Å²) in [6.07, 6.45) is 0. The molecule has 0 spiro atoms. The molecule has 0 saturated heterocycles. The molecule has 0 radical (unpaired) electrons. The fourth-order valence-electron chi connectivity index (χ4n) is 9.82. The summed E-state index contributed by atoms with van der Waals surface area (Å²) in [6.45, 7) is 0. The third-order valence-electron chi connectivity index (χ3n) is 12.5. The lowest BCUT2D eigenvalue weighted by Gasteiger charge is -2.16. The maximum Gasteiger partial charge on any atom is 0.166 e. The average Bonchev–Trinajstić information content (AvgIpc) is 3.62. The molecule has 0 amide bonds. The van der Waals surface area contributed by atoms with Gasteiger partial charge in [-0.1, -0.05) is 164 Å². The highest BCUT2D eigenvalue weighted by atomic mass is 15.1. The van der Waals surface area contributed by atoms with Crippen LogP contribution in [0.2, 0.25) is 0 Å². The molecule has 0 atom stereocenters. The Hall–Kier alpha value is -8.41. The summed E-state index contributed by atoms with van der Waals surface area (Å²) in [4.78, 5) is 16.0. The Labute approximate surface area is 356 Å². The summed E-state index contributed by atoms with van der Waals surface area (Å²) in [7, 11) is 0. The third kappa shape index (κ3) is 5.18. The van der Waals surface area contributed by atoms with Crippen LogP contribution in [0.25, 0.3) is 121 Å². The molecular formula is C57H35N5. The quantitative estimate of drug-likeness (QED) is 0.174. The van der Waals surface area contributed by atoms with E-state index in [4.69, 9.17) is 15.0 Å². The van der Waals surface area contributed by atoms with Crippen LogP contribution >= 0.6 is 0 Å². The molecule has 0 aliphatic carbocycles. The molecule has 0 fully saturated rings. The monoisotopic (exact) mass is 789 g/mol. The smallest absolute Gasteiger partial charge is 0.166 e. The zero-order valence-corrected chi connectivity index (χ0v) is 33.4. The highest BCUT2D eigenvalue weighted by Crippen LogP contribution is 2.44. The molecule has 0 N–H and O–H groups in total. The molecule has 0 unspecified atom stereocenters. The first-order valence-corrected chi connectivity index (χ1v) is 21.0. The van der Waals surface area contributed by atoms with Gasteiger partial charge in [-0.2, -0.15) is 0 Å². The number of para-hydroxylation sites is 2. The number of hydrogen-bond acceptors (Lipinski definition) is 3. The highest BCUT2D eigenvalue weighted by molar-refractivity contribution is 6.28. The van der Waals surface area contributed by atoms with Crippen LogP contribution in [-0.4, -0.2) is 24.1 Å². The van der Waals surface area contributed by atoms with Gasteiger partial charge >= 0.3 is 0 Å². The number of hydrogen-bond donors (Lipinski definition) is 0. The van der Waals surface area contributed by atoms with Crippen LogP contribution in [0.3, 0.4) is 0 Å². The van der Waals surface area contributed by atoms with E-state index in [1.807, 2.05) is 0 Å². The number of nitrogens with zero attached hydrogens (tertiary/aromatic N) is 5. The molecule has 5 nitrogen and oxygen atoms in total. The molecule has 3 aromatic heterocycles. The first-order valence-electron chi connectivity index (χ1n) is 21.0. The fraction of sp³-hybridized carbons (Fsp3) is 0. The Morgan fingerprint density at radius 3 is 1.44 bits per heavy atom. The van der Waals surface area contributed by atoms with Gasteiger partial charge in [0.2, 0.25) is 0 Å². The van der Waals surface area contributed by atoms with Crippen molar-refractivity contribution in [2.75, 3.05) is 0 Å². The Morgan fingerprint density at radius 1 is 0.274 bits per heavy atom. The van der Waals surface area contributed by atoms with Crippen molar-refractivity contribution < 1.29 is 0 Å². The van der Waals surface area contributed by atoms with Crippen molar-refractivity contribution in [3.05, 3.63) is 212 Å². The zero-order chi connectivity index (χ0) is 40.7. The van der Waals surface area contributed by atoms with Crippen LogP contribution in [0, 0.1) is 0 Å². The molecule has 62 heavy (non-hydrogen) atoms. The van der Waals surface area contributed by atoms with E-state index in [1.54, 1.807) is 0 Å². The lowest BCUT2D eigenvalue weighted by molar-refractivity contribution is 1.07. The molecular weight excluding hydrogens is 755 g/mol. The molecule has 288 valence electrons. The SMILES string of the molecule is c1ccc(-n2c3cccc4c5ccccc5n(-c5ccc6ccccc6c5)c5cccc2c5c43)c(-c2nc(-c3cccc4ccccc34)nc(-c3cccc4ccccc34)n2)c1. The average molecular weight is 790 g/mol. The number of fused-ring (bicyclic) bond motifs is 5. The summed E-state index contributed by atoms with van der Waals surface area (Å²) < 4.78 is 4.86. The van der Waals surface area contributed by atoms with Crippen molar-refractivity contribution >= 4 is 75.9 Å². The summed E-state index contributed by atoms with van der Waals surface area (Å²) in [5, 5.41) is 11.7. The molecule has 5 heteroatoms. The minimum Gasteiger partial charge on any atom is -0.309 e. The third-order valence-corrected chi connectivity index (χ3v) is 12.5. The van der Waals surface area contributed by atoms with Crippen molar-refractivity contribution in [2.45, 2.75) is 0 Å². The first kappa shape index (κ1) is 34.5. The van der Waals surface area contributed by atoms with Gasteiger partial charge < -0.3 is 9.13 Å². The zero-order valence-electron chi connectivity index (χ0n) is 33.4. The number of aromatic nitrogens is 5. The van der Waals surface area contributed by atoms with Crippen molar-refractivity contribution in [3.63, 3.8) is 0 Å². The number of rotatable bonds is 5. The topological polar surface area (TPSA) is 48.5 Å². The summed E-state index contributed by atoms with van der Waals surface area (Å²) in [6, 6.07) is 75.7. The van der Waals surface area contributed by atoms with Crippen LogP contribution in [0.5, 0.6) is 0 Å². The van der Waals surface area contributed by atoms with Gasteiger partial charge in [-0.3, -0.25) is 0 Å². The standard InChI is InChI=1S/C57H35N5/c1-2-18-39-35-40(34-33-36(39)15-1)61-48-28-9-7-23-43(48)44-25-13-30-50-53(44)54-51(61)31-14-32-52(54)62(50)49-29-10-8-24-47(49)57-59-55(45-26-11-19-37-16-3-5-21-41(37)45)58-56(60-57)46-27-12-20-38-17-4-6-22-42(38)46/h1-35H. The Morgan fingerprint density at radius 2 is 0.726 bits per heavy atom. The van der Waals surface area contributed by atoms with Crippen LogP contribution in [0.1, 0.15) is 0 Å². The minimum atomic E-state index is 0.610. The Balaban J connectivity index is 1.12. The molecule has 0 bridgehead atoms. The molecule has 10 aromatic carbocycles. The van der Waals surface area contributed by atoms with Crippen LogP contribution in [0.15, 0.2) is 212 Å². The van der Waals surface area contributed by atoms with E-state index in [2.05, 4.69) is 221 Å². The van der Waals surface area contributed by atoms with Gasteiger partial charge in [0.15, 0.2) is 17.5 Å². The van der Waals surface area contributed by atoms with E-state index in [1.165, 1.54) is 32.3 Å². The van der Waals surface area contributed by atoms with Crippen molar-refractivity contribution in [3.8, 4) is 45.5 Å². The van der Waals surface area contributed by atoms with E-state index in [9.17, 15) is 0 Å². The van der Waals surface area contributed by atoms with Gasteiger partial charge in [0.25, 0.3) is 0 Å². The minimum absolute atomic E-state index is 0.610. The van der Waals surface area contributed by atoms with E-state index in [-0.39, 0.29) is 0 Å². The van der Waals surface area contributed by atoms with Gasteiger partial charge in [0.05, 0.1) is 27.8 Å². The fourth-order valence-corrected chi connectivity index (χ4v) is 9.82. The predicted octanol–water partition coefficient (Wildman–Crippen LogP) is 14.5. The van der Waals surface area contributed by atoms with Gasteiger partial charge in [0.1, 0.15) is 0 Å². The van der Waals surface area contributed by atoms with Crippen molar-refractivity contribution in [1.29, 1.82) is 0 Å². The first-order chi connectivity index (χ1) is 30.8. The van der Waals surface area contributed by atoms with Crippen LogP contribution in [0.4, 0.5) is 0 Å². The summed E-state index contributed by atoms with van der Waals surface area (Å²) in [5.74, 6) is 1.88. The van der Waals surface area contributed by atoms with E-state index >= 15 is 0 Å². The van der Waals surface area contributed by atoms with Gasteiger partial charge in [-0.25, -0.2) is 15.0 Å². The van der Waals surface area contributed by atoms with Gasteiger partial charge in [-0.15, -0.1) is 0 Å². The normalized spacial score (nSPS) is 11.9. The highest BCUT2D eigenvalue weighted by Gasteiger charge is 2.23. The maximum absolute atomic E-state index is 5.39. The van der Waals surface area contributed by atoms with Crippen LogP contribution < -0.4 is 0 Å². The molecule has 0 aliphatic heterocycles. The van der Waals surface area contributed by atoms with Crippen molar-refractivity contribution in [2.24, 2.45) is 0 Å². The summed E-state index contributed by atoms with van der Waals surface area (Å²) >= 11 is 0. The maximum atomic E-state index is 5.39. The molecule has 13 rings (SSSR count). The van der Waals surface area contributed by atoms with E-state index < -0.39 is 0 Å². The summed E-state index contributed by atoms with van der Waals surface area (Å²) in [5.41, 5.74) is 9.45. The second kappa shape index (κ2) is 13.6. The molecule has 3 heterocycles. The van der Waals surface area contributed by atoms with Crippen LogP contribution in [-0.2, 0) is 0 Å². The molecule has 0 saturated carbocycles. The lowest BCUT2D eigenvalue weighted by atomic mass is 10.0. The van der Waals surface area contributed by atoms with Crippen molar-refractivity contribution in [1.82, 2.24) is 24.1 Å². The number of benzene rings is 10. The van der Waals surface area contributed by atoms with Gasteiger partial charge in [-0.05, 0) is 86.2 Å². The Bertz CT molecular complexity index is 3840. The van der Waals surface area contributed by atoms with Gasteiger partial charge in [0, 0.05) is 38.5 Å². The van der Waals surface area contributed by atoms with E-state index in [0.29, 0.717) is 17.5 Å². The second-order valence-electron chi connectivity index (χ2n) is 16.0. The molecule has 0 aliphatic rings. The molecule has 13 aromatic rings. The predicted molar refractivity (Wildman–Crippen MR) is 257 cm³/mol. The van der Waals surface area contributed by atoms with E-state index in [0.717, 1.165) is 71.7 Å².